The Hall–Kier alpha value is -5.65. The number of carbonyl (C=O) groups is 2. The molecule has 0 aliphatic heterocycles. The van der Waals surface area contributed by atoms with Crippen molar-refractivity contribution >= 4 is 23.5 Å². The standard InChI is InChI=1S/C28H30ClN9O9/c1-2-3-9-22-31-26(29)25(28(40)30-16-23(39)45-15-6-10-24(46-37(41)42)47-38(43)44)36(22)17-18-11-13-19(14-12-18)20-7-4-5-8-21(20)27-32-34-35-33-27/h4-5,7-8,11-14,24H,2-3,6,9-10,15-17H2,1H3,(H,30,40)(H,32,33,34,35). The number of nitrogens with zero attached hydrogens (tertiary/aromatic N) is 7. The monoisotopic (exact) mass is 671 g/mol. The fourth-order valence-corrected chi connectivity index (χ4v) is 4.88. The Kier molecular flexibility index (Phi) is 12.1. The van der Waals surface area contributed by atoms with E-state index in [1.807, 2.05) is 55.5 Å². The van der Waals surface area contributed by atoms with Crippen molar-refractivity contribution in [1.29, 1.82) is 0 Å². The van der Waals surface area contributed by atoms with Crippen molar-refractivity contribution < 1.29 is 34.2 Å². The predicted octanol–water partition coefficient (Wildman–Crippen LogP) is 3.57. The Morgan fingerprint density at radius 1 is 1.04 bits per heavy atom. The van der Waals surface area contributed by atoms with Crippen molar-refractivity contribution in [2.45, 2.75) is 51.9 Å². The zero-order valence-corrected chi connectivity index (χ0v) is 25.8. The molecule has 4 aromatic rings. The first-order valence-electron chi connectivity index (χ1n) is 14.4. The third-order valence-electron chi connectivity index (χ3n) is 6.74. The predicted molar refractivity (Wildman–Crippen MR) is 162 cm³/mol. The Bertz CT molecular complexity index is 1670. The van der Waals surface area contributed by atoms with E-state index < -0.39 is 34.9 Å². The maximum absolute atomic E-state index is 13.2. The summed E-state index contributed by atoms with van der Waals surface area (Å²) in [6.07, 6.45) is 0.154. The second-order valence-electron chi connectivity index (χ2n) is 9.97. The van der Waals surface area contributed by atoms with Gasteiger partial charge in [0.25, 0.3) is 22.4 Å². The van der Waals surface area contributed by atoms with Gasteiger partial charge in [-0.2, -0.15) is 5.21 Å². The summed E-state index contributed by atoms with van der Waals surface area (Å²) in [5.74, 6) is -0.382. The highest BCUT2D eigenvalue weighted by atomic mass is 35.5. The number of esters is 1. The molecule has 0 saturated heterocycles. The van der Waals surface area contributed by atoms with E-state index in [9.17, 15) is 29.8 Å². The number of benzene rings is 2. The number of halogens is 1. The summed E-state index contributed by atoms with van der Waals surface area (Å²) in [5.41, 5.74) is 3.59. The minimum absolute atomic E-state index is 0.0183. The second-order valence-corrected chi connectivity index (χ2v) is 10.3. The molecule has 1 amide bonds. The highest BCUT2D eigenvalue weighted by Crippen LogP contribution is 2.30. The maximum Gasteiger partial charge on any atom is 0.325 e. The van der Waals surface area contributed by atoms with Gasteiger partial charge in [0.05, 0.1) is 6.61 Å². The van der Waals surface area contributed by atoms with Crippen LogP contribution in [0.5, 0.6) is 0 Å². The topological polar surface area (TPSA) is 232 Å². The molecular formula is C28H30ClN9O9. The van der Waals surface area contributed by atoms with Gasteiger partial charge < -0.3 is 14.6 Å². The first-order valence-corrected chi connectivity index (χ1v) is 14.8. The molecule has 0 radical (unpaired) electrons. The second kappa shape index (κ2) is 16.6. The van der Waals surface area contributed by atoms with Crippen LogP contribution in [0.15, 0.2) is 48.5 Å². The number of ether oxygens (including phenoxy) is 1. The van der Waals surface area contributed by atoms with Crippen LogP contribution in [0.3, 0.4) is 0 Å². The van der Waals surface area contributed by atoms with Gasteiger partial charge in [0.15, 0.2) is 5.15 Å². The minimum atomic E-state index is -1.77. The Balaban J connectivity index is 1.41. The lowest BCUT2D eigenvalue weighted by molar-refractivity contribution is -0.851. The van der Waals surface area contributed by atoms with Crippen LogP contribution in [-0.2, 0) is 32.2 Å². The van der Waals surface area contributed by atoms with Gasteiger partial charge in [-0.15, -0.1) is 30.4 Å². The fraction of sp³-hybridized carbons (Fsp3) is 0.357. The SMILES string of the molecule is CCCCc1nc(Cl)c(C(=O)NCC(=O)OCCCC(O[N+](=O)[O-])O[N+](=O)[O-])n1Cc1ccc(-c2ccccc2-c2nn[nH]n2)cc1. The lowest BCUT2D eigenvalue weighted by atomic mass is 9.98. The molecule has 2 N–H and O–H groups in total. The van der Waals surface area contributed by atoms with Crippen LogP contribution < -0.4 is 5.32 Å². The highest BCUT2D eigenvalue weighted by Gasteiger charge is 2.23. The number of hydrogen-bond acceptors (Lipinski definition) is 13. The summed E-state index contributed by atoms with van der Waals surface area (Å²) in [6, 6.07) is 15.4. The number of amides is 1. The number of aromatic nitrogens is 6. The van der Waals surface area contributed by atoms with Crippen LogP contribution in [0, 0.1) is 20.2 Å². The normalized spacial score (nSPS) is 10.9. The van der Waals surface area contributed by atoms with E-state index >= 15 is 0 Å². The summed E-state index contributed by atoms with van der Waals surface area (Å²) in [7, 11) is 0. The van der Waals surface area contributed by atoms with E-state index in [0.717, 1.165) is 35.1 Å². The van der Waals surface area contributed by atoms with Crippen LogP contribution in [0.25, 0.3) is 22.5 Å². The van der Waals surface area contributed by atoms with Crippen molar-refractivity contribution in [3.8, 4) is 22.5 Å². The number of nitrogens with one attached hydrogen (secondary N) is 2. The van der Waals surface area contributed by atoms with Crippen molar-refractivity contribution in [2.75, 3.05) is 13.2 Å². The van der Waals surface area contributed by atoms with E-state index in [1.54, 1.807) is 4.57 Å². The molecular weight excluding hydrogens is 642 g/mol. The summed E-state index contributed by atoms with van der Waals surface area (Å²) >= 11 is 6.43. The molecule has 2 aromatic carbocycles. The molecule has 19 heteroatoms. The maximum atomic E-state index is 13.2. The lowest BCUT2D eigenvalue weighted by Crippen LogP contribution is -2.32. The Morgan fingerprint density at radius 3 is 2.38 bits per heavy atom. The first-order chi connectivity index (χ1) is 22.7. The number of tetrazole rings is 1. The molecule has 2 heterocycles. The highest BCUT2D eigenvalue weighted by molar-refractivity contribution is 6.32. The van der Waals surface area contributed by atoms with E-state index in [4.69, 9.17) is 16.3 Å². The number of unbranched alkanes of at least 4 members (excludes halogenated alkanes) is 1. The van der Waals surface area contributed by atoms with Gasteiger partial charge in [-0.3, -0.25) is 19.3 Å². The zero-order chi connectivity index (χ0) is 33.8. The van der Waals surface area contributed by atoms with Gasteiger partial charge in [0.1, 0.15) is 18.1 Å². The largest absolute Gasteiger partial charge is 0.464 e. The summed E-state index contributed by atoms with van der Waals surface area (Å²) < 4.78 is 6.72. The van der Waals surface area contributed by atoms with E-state index in [1.165, 1.54) is 0 Å². The number of hydrogen-bond donors (Lipinski definition) is 2. The molecule has 0 atom stereocenters. The Morgan fingerprint density at radius 2 is 1.74 bits per heavy atom. The van der Waals surface area contributed by atoms with Crippen LogP contribution in [0.2, 0.25) is 5.15 Å². The minimum Gasteiger partial charge on any atom is -0.464 e. The van der Waals surface area contributed by atoms with Crippen molar-refractivity contribution in [3.05, 3.63) is 91.0 Å². The van der Waals surface area contributed by atoms with Gasteiger partial charge in [-0.05, 0) is 34.7 Å². The molecule has 18 nitrogen and oxygen atoms in total. The molecule has 0 unspecified atom stereocenters. The molecule has 0 fully saturated rings. The van der Waals surface area contributed by atoms with E-state index in [-0.39, 0.29) is 36.8 Å². The number of imidazole rings is 1. The Labute approximate surface area is 271 Å². The number of rotatable bonds is 18. The van der Waals surface area contributed by atoms with Crippen LogP contribution in [-0.4, -0.2) is 71.7 Å². The average Bonchev–Trinajstić information content (AvgIpc) is 3.69. The van der Waals surface area contributed by atoms with Crippen LogP contribution >= 0.6 is 11.6 Å². The molecule has 0 saturated carbocycles. The number of aryl methyl sites for hydroxylation is 1. The third kappa shape index (κ3) is 9.67. The lowest BCUT2D eigenvalue weighted by Gasteiger charge is -2.14. The van der Waals surface area contributed by atoms with Gasteiger partial charge >= 0.3 is 5.97 Å². The smallest absolute Gasteiger partial charge is 0.325 e. The molecule has 248 valence electrons. The van der Waals surface area contributed by atoms with E-state index in [2.05, 4.69) is 40.6 Å². The third-order valence-corrected chi connectivity index (χ3v) is 7.00. The average molecular weight is 672 g/mol. The van der Waals surface area contributed by atoms with Crippen LogP contribution in [0.1, 0.15) is 54.5 Å². The van der Waals surface area contributed by atoms with Crippen molar-refractivity contribution in [3.63, 3.8) is 0 Å². The van der Waals surface area contributed by atoms with Gasteiger partial charge in [0, 0.05) is 24.9 Å². The van der Waals surface area contributed by atoms with Crippen molar-refractivity contribution in [2.24, 2.45) is 0 Å². The fourth-order valence-electron chi connectivity index (χ4n) is 4.60. The molecule has 0 aliphatic carbocycles. The summed E-state index contributed by atoms with van der Waals surface area (Å²) in [5, 5.41) is 35.2. The molecule has 0 bridgehead atoms. The quantitative estimate of drug-likeness (QED) is 0.0507. The van der Waals surface area contributed by atoms with Gasteiger partial charge in [-0.25, -0.2) is 4.98 Å². The molecule has 2 aromatic heterocycles. The van der Waals surface area contributed by atoms with Crippen LogP contribution in [0.4, 0.5) is 0 Å². The van der Waals surface area contributed by atoms with Gasteiger partial charge in [0.2, 0.25) is 5.82 Å². The number of carbonyl (C=O) groups excluding carboxylic acids is 2. The van der Waals surface area contributed by atoms with Crippen molar-refractivity contribution in [1.82, 2.24) is 35.5 Å². The summed E-state index contributed by atoms with van der Waals surface area (Å²) in [6.45, 7) is 1.53. The molecule has 0 spiro atoms. The van der Waals surface area contributed by atoms with Gasteiger partial charge in [-0.1, -0.05) is 73.5 Å². The number of aromatic amines is 1. The first kappa shape index (κ1) is 34.2. The zero-order valence-electron chi connectivity index (χ0n) is 25.0. The summed E-state index contributed by atoms with van der Waals surface area (Å²) in [4.78, 5) is 58.9. The number of H-pyrrole nitrogens is 1. The molecule has 4 rings (SSSR count). The molecule has 47 heavy (non-hydrogen) atoms. The van der Waals surface area contributed by atoms with E-state index in [0.29, 0.717) is 18.1 Å². The molecule has 0 aliphatic rings.